The second-order valence-electron chi connectivity index (χ2n) is 6.62. The van der Waals surface area contributed by atoms with Crippen molar-refractivity contribution in [2.24, 2.45) is 0 Å². The summed E-state index contributed by atoms with van der Waals surface area (Å²) >= 11 is 0. The van der Waals surface area contributed by atoms with Crippen molar-refractivity contribution in [3.63, 3.8) is 0 Å². The van der Waals surface area contributed by atoms with Crippen LogP contribution < -0.4 is 10.0 Å². The number of carbonyl (C=O) groups is 1. The lowest BCUT2D eigenvalue weighted by Crippen LogP contribution is -2.47. The van der Waals surface area contributed by atoms with Crippen molar-refractivity contribution in [3.8, 4) is 0 Å². The molecule has 0 heterocycles. The molecule has 0 bridgehead atoms. The largest absolute Gasteiger partial charge is 0.354 e. The van der Waals surface area contributed by atoms with Gasteiger partial charge in [0.1, 0.15) is 0 Å². The number of carbonyl (C=O) groups excluding carboxylic acids is 1. The minimum Gasteiger partial charge on any atom is -0.354 e. The normalized spacial score (nSPS) is 13.2. The third kappa shape index (κ3) is 5.14. The lowest BCUT2D eigenvalue weighted by Gasteiger charge is -2.26. The minimum absolute atomic E-state index is 0.138. The number of nitrogens with one attached hydrogen (secondary N) is 2. The van der Waals surface area contributed by atoms with Crippen molar-refractivity contribution in [2.45, 2.75) is 37.1 Å². The highest BCUT2D eigenvalue weighted by Gasteiger charge is 2.25. The van der Waals surface area contributed by atoms with Crippen LogP contribution in [-0.2, 0) is 20.2 Å². The molecule has 1 amide bonds. The second kappa shape index (κ2) is 7.80. The minimum atomic E-state index is -3.72. The standard InChI is InChI=1S/C19H24N2O3S/c1-15(21-25(23,24)17-12-8-5-9-13-17)18(22)20-14-19(2,3)16-10-6-4-7-11-16/h4-13,15,21H,14H2,1-3H3,(H,20,22)/t15-/m0/s1. The van der Waals surface area contributed by atoms with Crippen LogP contribution >= 0.6 is 0 Å². The number of benzene rings is 2. The maximum absolute atomic E-state index is 12.3. The Morgan fingerprint density at radius 1 is 1.00 bits per heavy atom. The van der Waals surface area contributed by atoms with Crippen LogP contribution in [0.2, 0.25) is 0 Å². The molecule has 0 saturated carbocycles. The number of hydrogen-bond donors (Lipinski definition) is 2. The van der Waals surface area contributed by atoms with E-state index in [0.29, 0.717) is 6.54 Å². The van der Waals surface area contributed by atoms with Crippen LogP contribution in [-0.4, -0.2) is 26.9 Å². The van der Waals surface area contributed by atoms with Gasteiger partial charge in [0.25, 0.3) is 0 Å². The van der Waals surface area contributed by atoms with Gasteiger partial charge in [0.05, 0.1) is 10.9 Å². The molecule has 2 rings (SSSR count). The van der Waals surface area contributed by atoms with Crippen molar-refractivity contribution in [3.05, 3.63) is 66.2 Å². The first-order chi connectivity index (χ1) is 11.7. The molecule has 0 aliphatic heterocycles. The lowest BCUT2D eigenvalue weighted by atomic mass is 9.84. The van der Waals surface area contributed by atoms with E-state index in [-0.39, 0.29) is 16.2 Å². The highest BCUT2D eigenvalue weighted by atomic mass is 32.2. The highest BCUT2D eigenvalue weighted by Crippen LogP contribution is 2.21. The van der Waals surface area contributed by atoms with E-state index < -0.39 is 16.1 Å². The van der Waals surface area contributed by atoms with Gasteiger partial charge in [0.15, 0.2) is 0 Å². The monoisotopic (exact) mass is 360 g/mol. The van der Waals surface area contributed by atoms with Gasteiger partial charge >= 0.3 is 0 Å². The van der Waals surface area contributed by atoms with Gasteiger partial charge in [-0.2, -0.15) is 4.72 Å². The Labute approximate surface area is 149 Å². The molecule has 25 heavy (non-hydrogen) atoms. The Morgan fingerprint density at radius 3 is 2.08 bits per heavy atom. The first-order valence-electron chi connectivity index (χ1n) is 8.13. The Kier molecular flexibility index (Phi) is 5.98. The number of hydrogen-bond acceptors (Lipinski definition) is 3. The van der Waals surface area contributed by atoms with Gasteiger partial charge in [0.2, 0.25) is 15.9 Å². The smallest absolute Gasteiger partial charge is 0.241 e. The summed E-state index contributed by atoms with van der Waals surface area (Å²) in [7, 11) is -3.72. The molecule has 2 aromatic carbocycles. The Balaban J connectivity index is 1.97. The van der Waals surface area contributed by atoms with E-state index in [9.17, 15) is 13.2 Å². The van der Waals surface area contributed by atoms with Crippen LogP contribution in [0.5, 0.6) is 0 Å². The predicted molar refractivity (Wildman–Crippen MR) is 98.7 cm³/mol. The van der Waals surface area contributed by atoms with Gasteiger partial charge in [-0.15, -0.1) is 0 Å². The van der Waals surface area contributed by atoms with Crippen LogP contribution in [0.25, 0.3) is 0 Å². The zero-order valence-electron chi connectivity index (χ0n) is 14.7. The fourth-order valence-corrected chi connectivity index (χ4v) is 3.63. The van der Waals surface area contributed by atoms with Crippen LogP contribution in [0.3, 0.4) is 0 Å². The van der Waals surface area contributed by atoms with Crippen LogP contribution in [0.4, 0.5) is 0 Å². The second-order valence-corrected chi connectivity index (χ2v) is 8.34. The van der Waals surface area contributed by atoms with E-state index in [0.717, 1.165) is 5.56 Å². The molecule has 0 radical (unpaired) electrons. The fraction of sp³-hybridized carbons (Fsp3) is 0.316. The maximum Gasteiger partial charge on any atom is 0.241 e. The number of sulfonamides is 1. The van der Waals surface area contributed by atoms with E-state index in [1.807, 2.05) is 44.2 Å². The van der Waals surface area contributed by atoms with Gasteiger partial charge in [-0.25, -0.2) is 8.42 Å². The molecule has 2 N–H and O–H groups in total. The molecule has 0 saturated heterocycles. The number of rotatable bonds is 7. The van der Waals surface area contributed by atoms with Crippen molar-refractivity contribution >= 4 is 15.9 Å². The van der Waals surface area contributed by atoms with Gasteiger partial charge in [0, 0.05) is 12.0 Å². The van der Waals surface area contributed by atoms with Gasteiger partial charge in [-0.05, 0) is 24.6 Å². The van der Waals surface area contributed by atoms with E-state index in [1.165, 1.54) is 19.1 Å². The summed E-state index contributed by atoms with van der Waals surface area (Å²) in [6.45, 7) is 6.00. The Hall–Kier alpha value is -2.18. The van der Waals surface area contributed by atoms with Crippen molar-refractivity contribution in [1.29, 1.82) is 0 Å². The number of amides is 1. The molecule has 1 atom stereocenters. The zero-order valence-corrected chi connectivity index (χ0v) is 15.5. The van der Waals surface area contributed by atoms with Crippen LogP contribution in [0.15, 0.2) is 65.6 Å². The van der Waals surface area contributed by atoms with E-state index in [4.69, 9.17) is 0 Å². The van der Waals surface area contributed by atoms with Gasteiger partial charge < -0.3 is 5.32 Å². The maximum atomic E-state index is 12.3. The van der Waals surface area contributed by atoms with Gasteiger partial charge in [-0.3, -0.25) is 4.79 Å². The first kappa shape index (κ1) is 19.1. The van der Waals surface area contributed by atoms with E-state index in [1.54, 1.807) is 18.2 Å². The molecule has 134 valence electrons. The summed E-state index contributed by atoms with van der Waals surface area (Å²) in [6, 6.07) is 17.0. The molecule has 0 fully saturated rings. The summed E-state index contributed by atoms with van der Waals surface area (Å²) in [5, 5.41) is 2.83. The van der Waals surface area contributed by atoms with E-state index >= 15 is 0 Å². The van der Waals surface area contributed by atoms with E-state index in [2.05, 4.69) is 10.0 Å². The molecular formula is C19H24N2O3S. The molecule has 5 nitrogen and oxygen atoms in total. The summed E-state index contributed by atoms with van der Waals surface area (Å²) < 4.78 is 27.0. The van der Waals surface area contributed by atoms with Crippen molar-refractivity contribution in [2.75, 3.05) is 6.54 Å². The molecule has 6 heteroatoms. The van der Waals surface area contributed by atoms with Gasteiger partial charge in [-0.1, -0.05) is 62.4 Å². The highest BCUT2D eigenvalue weighted by molar-refractivity contribution is 7.89. The average molecular weight is 360 g/mol. The summed E-state index contributed by atoms with van der Waals surface area (Å²) in [6.07, 6.45) is 0. The van der Waals surface area contributed by atoms with Crippen molar-refractivity contribution in [1.82, 2.24) is 10.0 Å². The molecule has 0 aliphatic rings. The summed E-state index contributed by atoms with van der Waals surface area (Å²) in [5.74, 6) is -0.358. The zero-order chi connectivity index (χ0) is 18.5. The molecule has 2 aromatic rings. The third-order valence-electron chi connectivity index (χ3n) is 4.04. The predicted octanol–water partition coefficient (Wildman–Crippen LogP) is 2.45. The average Bonchev–Trinajstić information content (AvgIpc) is 2.61. The molecule has 0 spiro atoms. The van der Waals surface area contributed by atoms with Crippen LogP contribution in [0, 0.1) is 0 Å². The molecule has 0 aliphatic carbocycles. The Bertz CT molecular complexity index is 803. The van der Waals surface area contributed by atoms with Crippen LogP contribution in [0.1, 0.15) is 26.3 Å². The summed E-state index contributed by atoms with van der Waals surface area (Å²) in [4.78, 5) is 12.4. The quantitative estimate of drug-likeness (QED) is 0.796. The summed E-state index contributed by atoms with van der Waals surface area (Å²) in [5.41, 5.74) is 0.849. The molecular weight excluding hydrogens is 336 g/mol. The lowest BCUT2D eigenvalue weighted by molar-refractivity contribution is -0.122. The Morgan fingerprint density at radius 2 is 1.52 bits per heavy atom. The van der Waals surface area contributed by atoms with Crippen molar-refractivity contribution < 1.29 is 13.2 Å². The topological polar surface area (TPSA) is 75.3 Å². The molecule has 0 aromatic heterocycles. The SMILES string of the molecule is C[C@H](NS(=O)(=O)c1ccccc1)C(=O)NCC(C)(C)c1ccccc1. The fourth-order valence-electron chi connectivity index (χ4n) is 2.41. The third-order valence-corrected chi connectivity index (χ3v) is 5.60. The first-order valence-corrected chi connectivity index (χ1v) is 9.61. The molecule has 0 unspecified atom stereocenters.